The Hall–Kier alpha value is -2.39. The number of unbranched alkanes of at least 4 members (excludes halogenated alkanes) is 18. The molecular formula is C47H82O12S. The second kappa shape index (κ2) is 37.2. The highest BCUT2D eigenvalue weighted by atomic mass is 32.2. The topological polar surface area (TPSA) is 186 Å². The van der Waals surface area contributed by atoms with Crippen LogP contribution in [0.5, 0.6) is 0 Å². The van der Waals surface area contributed by atoms with E-state index in [2.05, 4.69) is 56.4 Å². The first-order valence-corrected chi connectivity index (χ1v) is 24.8. The van der Waals surface area contributed by atoms with Crippen molar-refractivity contribution in [1.29, 1.82) is 0 Å². The van der Waals surface area contributed by atoms with Crippen LogP contribution in [0, 0.1) is 0 Å². The number of allylic oxidation sites excluding steroid dienone is 8. The van der Waals surface area contributed by atoms with E-state index >= 15 is 0 Å². The van der Waals surface area contributed by atoms with Crippen molar-refractivity contribution >= 4 is 22.1 Å². The molecule has 6 atom stereocenters. The van der Waals surface area contributed by atoms with Gasteiger partial charge in [-0.05, 0) is 70.6 Å². The SMILES string of the molecule is CCCCCCCC/C=C/C/C=C/CCCCC(=O)OC[C@H](CO[C@H]1O[C@H](CS(=O)(=O)O)[C@@H](O)C(O)C1O)OC(=O)CCC/C=C/C/C=C/CCCCCCCCCCC. The first-order chi connectivity index (χ1) is 29.0. The molecule has 1 aliphatic rings. The zero-order chi connectivity index (χ0) is 44.1. The molecule has 2 unspecified atom stereocenters. The van der Waals surface area contributed by atoms with Gasteiger partial charge < -0.3 is 34.3 Å². The summed E-state index contributed by atoms with van der Waals surface area (Å²) in [5.74, 6) is -2.09. The molecule has 0 radical (unpaired) electrons. The first kappa shape index (κ1) is 55.6. The maximum absolute atomic E-state index is 12.8. The maximum Gasteiger partial charge on any atom is 0.306 e. The van der Waals surface area contributed by atoms with Gasteiger partial charge in [-0.3, -0.25) is 14.1 Å². The number of aliphatic hydroxyl groups excluding tert-OH is 3. The minimum absolute atomic E-state index is 0.0928. The molecule has 0 saturated carbocycles. The highest BCUT2D eigenvalue weighted by Crippen LogP contribution is 2.24. The van der Waals surface area contributed by atoms with Gasteiger partial charge in [0, 0.05) is 12.8 Å². The average Bonchev–Trinajstić information content (AvgIpc) is 3.21. The second-order valence-electron chi connectivity index (χ2n) is 16.1. The van der Waals surface area contributed by atoms with Crippen molar-refractivity contribution < 1.29 is 56.8 Å². The Balaban J connectivity index is 2.50. The lowest BCUT2D eigenvalue weighted by molar-refractivity contribution is -0.297. The molecule has 0 aliphatic carbocycles. The fourth-order valence-electron chi connectivity index (χ4n) is 6.75. The third-order valence-electron chi connectivity index (χ3n) is 10.4. The third-order valence-corrected chi connectivity index (χ3v) is 11.1. The van der Waals surface area contributed by atoms with Crippen molar-refractivity contribution in [3.8, 4) is 0 Å². The molecule has 1 fully saturated rings. The van der Waals surface area contributed by atoms with Gasteiger partial charge in [0.1, 0.15) is 36.8 Å². The molecule has 0 spiro atoms. The van der Waals surface area contributed by atoms with E-state index in [1.807, 2.05) is 6.08 Å². The fraction of sp³-hybridized carbons (Fsp3) is 0.787. The second-order valence-corrected chi connectivity index (χ2v) is 17.6. The molecule has 0 aromatic carbocycles. The van der Waals surface area contributed by atoms with Crippen molar-refractivity contribution in [2.45, 2.75) is 218 Å². The van der Waals surface area contributed by atoms with Crippen LogP contribution in [0.3, 0.4) is 0 Å². The summed E-state index contributed by atoms with van der Waals surface area (Å²) in [6.07, 6.45) is 34.5. The largest absolute Gasteiger partial charge is 0.462 e. The van der Waals surface area contributed by atoms with E-state index in [0.29, 0.717) is 19.3 Å². The van der Waals surface area contributed by atoms with Crippen molar-refractivity contribution in [3.63, 3.8) is 0 Å². The summed E-state index contributed by atoms with van der Waals surface area (Å²) < 4.78 is 54.0. The molecule has 1 heterocycles. The predicted octanol–water partition coefficient (Wildman–Crippen LogP) is 9.56. The van der Waals surface area contributed by atoms with Gasteiger partial charge in [-0.1, -0.05) is 146 Å². The lowest BCUT2D eigenvalue weighted by Gasteiger charge is -2.40. The zero-order valence-corrected chi connectivity index (χ0v) is 37.9. The number of carbonyl (C=O) groups excluding carboxylic acids is 2. The number of esters is 2. The Morgan fingerprint density at radius 1 is 0.567 bits per heavy atom. The molecule has 348 valence electrons. The Morgan fingerprint density at radius 3 is 1.52 bits per heavy atom. The summed E-state index contributed by atoms with van der Waals surface area (Å²) in [6.45, 7) is 3.69. The molecule has 0 aromatic heterocycles. The van der Waals surface area contributed by atoms with Crippen LogP contribution in [0.25, 0.3) is 0 Å². The third kappa shape index (κ3) is 31.5. The Labute approximate surface area is 363 Å². The van der Waals surface area contributed by atoms with E-state index in [1.54, 1.807) is 0 Å². The van der Waals surface area contributed by atoms with E-state index in [-0.39, 0.29) is 19.4 Å². The highest BCUT2D eigenvalue weighted by molar-refractivity contribution is 7.85. The molecule has 0 amide bonds. The van der Waals surface area contributed by atoms with E-state index in [1.165, 1.54) is 96.3 Å². The van der Waals surface area contributed by atoms with Gasteiger partial charge in [0.25, 0.3) is 10.1 Å². The van der Waals surface area contributed by atoms with Crippen LogP contribution in [0.15, 0.2) is 48.6 Å². The number of rotatable bonds is 38. The fourth-order valence-corrected chi connectivity index (χ4v) is 7.44. The molecular weight excluding hydrogens is 789 g/mol. The van der Waals surface area contributed by atoms with Crippen LogP contribution >= 0.6 is 0 Å². The molecule has 60 heavy (non-hydrogen) atoms. The summed E-state index contributed by atoms with van der Waals surface area (Å²) >= 11 is 0. The summed E-state index contributed by atoms with van der Waals surface area (Å²) in [5, 5.41) is 30.9. The number of aliphatic hydroxyl groups is 3. The molecule has 13 heteroatoms. The predicted molar refractivity (Wildman–Crippen MR) is 238 cm³/mol. The van der Waals surface area contributed by atoms with Crippen LogP contribution < -0.4 is 0 Å². The first-order valence-electron chi connectivity index (χ1n) is 23.2. The minimum Gasteiger partial charge on any atom is -0.462 e. The molecule has 1 aliphatic heterocycles. The number of hydrogen-bond donors (Lipinski definition) is 4. The lowest BCUT2D eigenvalue weighted by Crippen LogP contribution is -2.60. The van der Waals surface area contributed by atoms with Gasteiger partial charge >= 0.3 is 11.9 Å². The van der Waals surface area contributed by atoms with E-state index in [4.69, 9.17) is 18.9 Å². The number of ether oxygens (including phenoxy) is 4. The zero-order valence-electron chi connectivity index (χ0n) is 37.1. The summed E-state index contributed by atoms with van der Waals surface area (Å²) in [7, 11) is -4.61. The van der Waals surface area contributed by atoms with Crippen LogP contribution in [0.4, 0.5) is 0 Å². The summed E-state index contributed by atoms with van der Waals surface area (Å²) in [4.78, 5) is 25.4. The molecule has 1 rings (SSSR count). The van der Waals surface area contributed by atoms with Gasteiger partial charge in [0.2, 0.25) is 0 Å². The number of carbonyl (C=O) groups is 2. The standard InChI is InChI=1S/C47H82O12S/c1-3-5-7-9-11-13-15-17-19-20-22-24-26-28-30-32-34-36-43(49)58-40(38-57-47-46(52)45(51)44(50)41(59-47)39-60(53,54)55)37-56-42(48)35-33-31-29-27-25-23-21-18-16-14-12-10-8-6-4-2/h18,21-22,24-25,27-28,30,40-41,44-47,50-52H,3-17,19-20,23,26,29,31-39H2,1-2H3,(H,53,54,55)/b21-18+,24-22+,27-25+,30-28+/t40-,41-,44-,45?,46?,47+/m1/s1. The van der Waals surface area contributed by atoms with Crippen LogP contribution in [0.2, 0.25) is 0 Å². The summed E-state index contributed by atoms with van der Waals surface area (Å²) in [5.41, 5.74) is 0. The van der Waals surface area contributed by atoms with Crippen LogP contribution in [0.1, 0.15) is 181 Å². The monoisotopic (exact) mass is 871 g/mol. The average molecular weight is 871 g/mol. The maximum atomic E-state index is 12.8. The lowest BCUT2D eigenvalue weighted by atomic mass is 10.00. The number of hydrogen-bond acceptors (Lipinski definition) is 11. The molecule has 1 saturated heterocycles. The smallest absolute Gasteiger partial charge is 0.306 e. The highest BCUT2D eigenvalue weighted by Gasteiger charge is 2.46. The van der Waals surface area contributed by atoms with Crippen LogP contribution in [-0.2, 0) is 38.7 Å². The van der Waals surface area contributed by atoms with Crippen molar-refractivity contribution in [2.24, 2.45) is 0 Å². The van der Waals surface area contributed by atoms with E-state index < -0.39 is 71.2 Å². The van der Waals surface area contributed by atoms with Gasteiger partial charge in [-0.2, -0.15) is 8.42 Å². The molecule has 0 bridgehead atoms. The normalized spacial score (nSPS) is 20.5. The van der Waals surface area contributed by atoms with E-state index in [0.717, 1.165) is 38.5 Å². The van der Waals surface area contributed by atoms with Gasteiger partial charge in [-0.15, -0.1) is 0 Å². The Bertz CT molecular complexity index is 1300. The Kier molecular flexibility index (Phi) is 34.5. The Morgan fingerprint density at radius 2 is 1.02 bits per heavy atom. The molecule has 4 N–H and O–H groups in total. The minimum atomic E-state index is -4.61. The van der Waals surface area contributed by atoms with Gasteiger partial charge in [0.05, 0.1) is 6.61 Å². The van der Waals surface area contributed by atoms with Gasteiger partial charge in [0.15, 0.2) is 12.4 Å². The van der Waals surface area contributed by atoms with Gasteiger partial charge in [-0.25, -0.2) is 0 Å². The van der Waals surface area contributed by atoms with Crippen molar-refractivity contribution in [3.05, 3.63) is 48.6 Å². The van der Waals surface area contributed by atoms with E-state index in [9.17, 15) is 37.9 Å². The molecule has 12 nitrogen and oxygen atoms in total. The van der Waals surface area contributed by atoms with Crippen molar-refractivity contribution in [2.75, 3.05) is 19.0 Å². The van der Waals surface area contributed by atoms with Crippen LogP contribution in [-0.4, -0.2) is 96.0 Å². The summed E-state index contributed by atoms with van der Waals surface area (Å²) in [6, 6.07) is 0. The molecule has 0 aromatic rings. The quantitative estimate of drug-likeness (QED) is 0.0200. The van der Waals surface area contributed by atoms with Crippen molar-refractivity contribution in [1.82, 2.24) is 0 Å².